The highest BCUT2D eigenvalue weighted by molar-refractivity contribution is 5.91. The van der Waals surface area contributed by atoms with E-state index >= 15 is 0 Å². The Morgan fingerprint density at radius 1 is 0.545 bits per heavy atom. The Hall–Kier alpha value is -1.46. The Labute approximate surface area is 127 Å². The van der Waals surface area contributed by atoms with Crippen LogP contribution < -0.4 is 0 Å². The molecule has 4 unspecified atom stereocenters. The lowest BCUT2D eigenvalue weighted by Gasteiger charge is -2.13. The topological polar surface area (TPSA) is 50.1 Å². The molecule has 22 heavy (non-hydrogen) atoms. The molecule has 4 aliphatic rings. The van der Waals surface area contributed by atoms with Gasteiger partial charge in [-0.3, -0.25) is 0 Å². The molecule has 4 nitrogen and oxygen atoms in total. The number of fused-ring (bicyclic) bond motifs is 1. The smallest absolute Gasteiger partial charge is 0.107 e. The van der Waals surface area contributed by atoms with E-state index in [1.807, 2.05) is 0 Å². The highest BCUT2D eigenvalue weighted by Crippen LogP contribution is 2.46. The highest BCUT2D eigenvalue weighted by atomic mass is 16.6. The Morgan fingerprint density at radius 3 is 1.18 bits per heavy atom. The maximum absolute atomic E-state index is 5.56. The van der Waals surface area contributed by atoms with Crippen molar-refractivity contribution in [1.29, 1.82) is 0 Å². The van der Waals surface area contributed by atoms with Gasteiger partial charge in [0.2, 0.25) is 0 Å². The predicted molar refractivity (Wildman–Crippen MR) is 78.7 cm³/mol. The van der Waals surface area contributed by atoms with E-state index in [9.17, 15) is 0 Å². The molecule has 4 heterocycles. The summed E-state index contributed by atoms with van der Waals surface area (Å²) in [6.07, 6.45) is 1.01. The second kappa shape index (κ2) is 4.09. The first kappa shape index (κ1) is 12.0. The standard InChI is InChI=1S/C18H16O4/c1-2-10(16-6-20-16)12-4-14(18-8-22-18)13(17-7-21-17)3-11(12)9(1)15-5-19-15/h1-4,15-18H,5-8H2. The molecule has 0 aliphatic carbocycles. The minimum absolute atomic E-state index is 0.248. The van der Waals surface area contributed by atoms with Crippen LogP contribution in [-0.4, -0.2) is 26.4 Å². The Bertz CT molecular complexity index is 717. The summed E-state index contributed by atoms with van der Waals surface area (Å²) in [5.74, 6) is 0. The molecule has 4 saturated heterocycles. The van der Waals surface area contributed by atoms with Gasteiger partial charge in [-0.05, 0) is 45.2 Å². The number of epoxide rings is 4. The third-order valence-electron chi connectivity index (χ3n) is 5.01. The first-order chi connectivity index (χ1) is 10.9. The molecule has 0 N–H and O–H groups in total. The normalized spacial score (nSPS) is 34.7. The van der Waals surface area contributed by atoms with Gasteiger partial charge < -0.3 is 18.9 Å². The summed E-state index contributed by atoms with van der Waals surface area (Å²) in [6.45, 7) is 3.31. The van der Waals surface area contributed by atoms with E-state index in [1.165, 1.54) is 33.0 Å². The minimum atomic E-state index is 0.248. The molecule has 4 atom stereocenters. The zero-order chi connectivity index (χ0) is 14.3. The quantitative estimate of drug-likeness (QED) is 0.813. The molecule has 4 aliphatic heterocycles. The maximum atomic E-state index is 5.56. The van der Waals surface area contributed by atoms with Crippen molar-refractivity contribution in [3.63, 3.8) is 0 Å². The molecule has 2 aromatic carbocycles. The number of hydrogen-bond acceptors (Lipinski definition) is 4. The van der Waals surface area contributed by atoms with Crippen molar-refractivity contribution in [1.82, 2.24) is 0 Å². The average Bonchev–Trinajstić information content (AvgIpc) is 3.38. The summed E-state index contributed by atoms with van der Waals surface area (Å²) < 4.78 is 22.2. The van der Waals surface area contributed by atoms with Crippen molar-refractivity contribution in [2.24, 2.45) is 0 Å². The molecule has 0 amide bonds. The van der Waals surface area contributed by atoms with Gasteiger partial charge in [-0.25, -0.2) is 0 Å². The lowest BCUT2D eigenvalue weighted by molar-refractivity contribution is 0.399. The summed E-state index contributed by atoms with van der Waals surface area (Å²) in [6, 6.07) is 9.05. The van der Waals surface area contributed by atoms with Crippen molar-refractivity contribution < 1.29 is 18.9 Å². The summed E-state index contributed by atoms with van der Waals surface area (Å²) in [5, 5.41) is 2.59. The summed E-state index contributed by atoms with van der Waals surface area (Å²) in [4.78, 5) is 0. The summed E-state index contributed by atoms with van der Waals surface area (Å²) in [5.41, 5.74) is 5.19. The van der Waals surface area contributed by atoms with Gasteiger partial charge in [0, 0.05) is 0 Å². The third-order valence-corrected chi connectivity index (χ3v) is 5.01. The zero-order valence-electron chi connectivity index (χ0n) is 12.1. The molecule has 0 radical (unpaired) electrons. The lowest BCUT2D eigenvalue weighted by atomic mass is 9.90. The van der Waals surface area contributed by atoms with E-state index in [0.29, 0.717) is 0 Å². The van der Waals surface area contributed by atoms with E-state index in [0.717, 1.165) is 26.4 Å². The SMILES string of the molecule is c1cc(C2CO2)c2cc(C3CO3)c(C3CO3)cc2c1C1CO1. The van der Waals surface area contributed by atoms with Gasteiger partial charge in [0.25, 0.3) is 0 Å². The summed E-state index contributed by atoms with van der Waals surface area (Å²) in [7, 11) is 0. The van der Waals surface area contributed by atoms with Gasteiger partial charge in [0.15, 0.2) is 0 Å². The fourth-order valence-corrected chi connectivity index (χ4v) is 3.50. The van der Waals surface area contributed by atoms with Crippen LogP contribution in [0.1, 0.15) is 46.7 Å². The van der Waals surface area contributed by atoms with Gasteiger partial charge in [-0.1, -0.05) is 12.1 Å². The molecule has 0 bridgehead atoms. The molecule has 0 spiro atoms. The third kappa shape index (κ3) is 1.85. The number of hydrogen-bond donors (Lipinski definition) is 0. The van der Waals surface area contributed by atoms with Crippen molar-refractivity contribution in [2.45, 2.75) is 24.4 Å². The Morgan fingerprint density at radius 2 is 0.864 bits per heavy atom. The van der Waals surface area contributed by atoms with E-state index in [2.05, 4.69) is 24.3 Å². The molecule has 0 saturated carbocycles. The predicted octanol–water partition coefficient (Wildman–Crippen LogP) is 3.13. The van der Waals surface area contributed by atoms with Crippen LogP contribution in [0, 0.1) is 0 Å². The van der Waals surface area contributed by atoms with Crippen LogP contribution in [0.15, 0.2) is 24.3 Å². The summed E-state index contributed by atoms with van der Waals surface area (Å²) >= 11 is 0. The van der Waals surface area contributed by atoms with Crippen molar-refractivity contribution >= 4 is 10.8 Å². The van der Waals surface area contributed by atoms with Crippen LogP contribution in [0.3, 0.4) is 0 Å². The average molecular weight is 296 g/mol. The van der Waals surface area contributed by atoms with E-state index in [4.69, 9.17) is 18.9 Å². The molecular formula is C18H16O4. The van der Waals surface area contributed by atoms with E-state index in [1.54, 1.807) is 0 Å². The molecule has 0 aromatic heterocycles. The molecule has 4 fully saturated rings. The zero-order valence-corrected chi connectivity index (χ0v) is 12.1. The molecular weight excluding hydrogens is 280 g/mol. The van der Waals surface area contributed by atoms with Crippen molar-refractivity contribution in [3.05, 3.63) is 46.5 Å². The Balaban J connectivity index is 1.64. The maximum Gasteiger partial charge on any atom is 0.107 e. The van der Waals surface area contributed by atoms with Crippen LogP contribution in [0.25, 0.3) is 10.8 Å². The van der Waals surface area contributed by atoms with Gasteiger partial charge in [0.1, 0.15) is 24.4 Å². The van der Waals surface area contributed by atoms with Crippen LogP contribution in [0.5, 0.6) is 0 Å². The van der Waals surface area contributed by atoms with Crippen LogP contribution in [0.2, 0.25) is 0 Å². The largest absolute Gasteiger partial charge is 0.368 e. The van der Waals surface area contributed by atoms with Gasteiger partial charge >= 0.3 is 0 Å². The van der Waals surface area contributed by atoms with Gasteiger partial charge in [-0.2, -0.15) is 0 Å². The molecule has 4 heteroatoms. The first-order valence-corrected chi connectivity index (χ1v) is 7.95. The number of benzene rings is 2. The van der Waals surface area contributed by atoms with E-state index in [-0.39, 0.29) is 24.4 Å². The minimum Gasteiger partial charge on any atom is -0.368 e. The van der Waals surface area contributed by atoms with Crippen LogP contribution in [0.4, 0.5) is 0 Å². The second-order valence-electron chi connectivity index (χ2n) is 6.56. The first-order valence-electron chi connectivity index (χ1n) is 7.95. The molecule has 112 valence electrons. The van der Waals surface area contributed by atoms with Crippen LogP contribution >= 0.6 is 0 Å². The fourth-order valence-electron chi connectivity index (χ4n) is 3.50. The monoisotopic (exact) mass is 296 g/mol. The van der Waals surface area contributed by atoms with Crippen LogP contribution in [-0.2, 0) is 18.9 Å². The highest BCUT2D eigenvalue weighted by Gasteiger charge is 2.37. The molecule has 2 aromatic rings. The number of rotatable bonds is 4. The van der Waals surface area contributed by atoms with Crippen molar-refractivity contribution in [3.8, 4) is 0 Å². The fraction of sp³-hybridized carbons (Fsp3) is 0.444. The number of ether oxygens (including phenoxy) is 4. The van der Waals surface area contributed by atoms with Gasteiger partial charge in [-0.15, -0.1) is 0 Å². The van der Waals surface area contributed by atoms with Crippen molar-refractivity contribution in [2.75, 3.05) is 26.4 Å². The Kier molecular flexibility index (Phi) is 2.23. The molecule has 6 rings (SSSR count). The second-order valence-corrected chi connectivity index (χ2v) is 6.56. The van der Waals surface area contributed by atoms with E-state index < -0.39 is 0 Å². The van der Waals surface area contributed by atoms with Gasteiger partial charge in [0.05, 0.1) is 26.4 Å². The lowest BCUT2D eigenvalue weighted by Crippen LogP contribution is -1.97.